The maximum atomic E-state index is 12.3. The molecule has 0 saturated heterocycles. The van der Waals surface area contributed by atoms with Crippen molar-refractivity contribution in [3.8, 4) is 0 Å². The molecule has 4 nitrogen and oxygen atoms in total. The summed E-state index contributed by atoms with van der Waals surface area (Å²) >= 11 is 0. The number of esters is 1. The van der Waals surface area contributed by atoms with Gasteiger partial charge >= 0.3 is 5.97 Å². The normalized spacial score (nSPS) is 26.0. The van der Waals surface area contributed by atoms with Gasteiger partial charge in [-0.05, 0) is 30.1 Å². The second kappa shape index (κ2) is 4.80. The highest BCUT2D eigenvalue weighted by Gasteiger charge is 2.59. The van der Waals surface area contributed by atoms with Gasteiger partial charge in [-0.2, -0.15) is 0 Å². The Kier molecular flexibility index (Phi) is 3.63. The molecular formula is C15H25NO3. The van der Waals surface area contributed by atoms with Crippen LogP contribution in [0.2, 0.25) is 0 Å². The molecule has 2 atom stereocenters. The highest BCUT2D eigenvalue weighted by Crippen LogP contribution is 2.62. The van der Waals surface area contributed by atoms with Crippen LogP contribution >= 0.6 is 0 Å². The van der Waals surface area contributed by atoms with Gasteiger partial charge in [0.15, 0.2) is 0 Å². The lowest BCUT2D eigenvalue weighted by Crippen LogP contribution is -2.50. The van der Waals surface area contributed by atoms with Crippen molar-refractivity contribution in [2.24, 2.45) is 16.7 Å². The molecule has 1 N–H and O–H groups in total. The third kappa shape index (κ3) is 2.77. The van der Waals surface area contributed by atoms with Crippen LogP contribution in [0, 0.1) is 16.7 Å². The van der Waals surface area contributed by atoms with Gasteiger partial charge < -0.3 is 10.1 Å². The third-order valence-electron chi connectivity index (χ3n) is 4.70. The standard InChI is InChI=1S/C15H25NO3/c1-14(2,3)11(13(18)19-4)16-12(17)10-9-15(10)7-5-6-8-15/h10-11H,5-9H2,1-4H3,(H,16,17)/t10-,11-/m1/s1. The SMILES string of the molecule is COC(=O)[C@@H](NC(=O)[C@H]1CC12CCCC2)C(C)(C)C. The maximum absolute atomic E-state index is 12.3. The Labute approximate surface area is 115 Å². The van der Waals surface area contributed by atoms with Gasteiger partial charge in [0, 0.05) is 5.92 Å². The Hall–Kier alpha value is -1.06. The van der Waals surface area contributed by atoms with Gasteiger partial charge in [0.2, 0.25) is 5.91 Å². The van der Waals surface area contributed by atoms with Crippen molar-refractivity contribution in [2.45, 2.75) is 58.9 Å². The Bertz CT molecular complexity index is 377. The van der Waals surface area contributed by atoms with Crippen molar-refractivity contribution < 1.29 is 14.3 Å². The molecule has 0 heterocycles. The number of amides is 1. The summed E-state index contributed by atoms with van der Waals surface area (Å²) in [5.41, 5.74) is -0.0663. The molecule has 19 heavy (non-hydrogen) atoms. The van der Waals surface area contributed by atoms with E-state index in [0.717, 1.165) is 6.42 Å². The Morgan fingerprint density at radius 3 is 2.32 bits per heavy atom. The molecule has 0 aromatic heterocycles. The molecule has 0 radical (unpaired) electrons. The summed E-state index contributed by atoms with van der Waals surface area (Å²) in [6, 6.07) is -0.566. The Morgan fingerprint density at radius 2 is 1.84 bits per heavy atom. The van der Waals surface area contributed by atoms with E-state index in [4.69, 9.17) is 4.74 Å². The monoisotopic (exact) mass is 267 g/mol. The number of hydrogen-bond acceptors (Lipinski definition) is 3. The topological polar surface area (TPSA) is 55.4 Å². The average Bonchev–Trinajstić information content (AvgIpc) is 2.81. The van der Waals surface area contributed by atoms with Crippen LogP contribution < -0.4 is 5.32 Å². The summed E-state index contributed by atoms with van der Waals surface area (Å²) in [6.07, 6.45) is 5.82. The molecule has 0 bridgehead atoms. The number of rotatable bonds is 3. The lowest BCUT2D eigenvalue weighted by molar-refractivity contribution is -0.148. The number of carbonyl (C=O) groups excluding carboxylic acids is 2. The smallest absolute Gasteiger partial charge is 0.328 e. The minimum atomic E-state index is -0.566. The Balaban J connectivity index is 1.98. The van der Waals surface area contributed by atoms with E-state index in [2.05, 4.69) is 5.32 Å². The molecule has 2 aliphatic rings. The minimum Gasteiger partial charge on any atom is -0.467 e. The van der Waals surface area contributed by atoms with E-state index in [1.54, 1.807) is 0 Å². The quantitative estimate of drug-likeness (QED) is 0.798. The summed E-state index contributed by atoms with van der Waals surface area (Å²) < 4.78 is 4.80. The number of ether oxygens (including phenoxy) is 1. The van der Waals surface area contributed by atoms with E-state index in [1.165, 1.54) is 32.8 Å². The summed E-state index contributed by atoms with van der Waals surface area (Å²) in [6.45, 7) is 5.81. The third-order valence-corrected chi connectivity index (χ3v) is 4.70. The van der Waals surface area contributed by atoms with Crippen molar-refractivity contribution in [1.29, 1.82) is 0 Å². The number of nitrogens with one attached hydrogen (secondary N) is 1. The lowest BCUT2D eigenvalue weighted by Gasteiger charge is -2.29. The summed E-state index contributed by atoms with van der Waals surface area (Å²) in [4.78, 5) is 24.1. The zero-order valence-electron chi connectivity index (χ0n) is 12.4. The fourth-order valence-corrected chi connectivity index (χ4v) is 3.34. The first-order chi connectivity index (χ1) is 8.80. The van der Waals surface area contributed by atoms with Gasteiger partial charge in [-0.15, -0.1) is 0 Å². The first kappa shape index (κ1) is 14.4. The molecule has 1 amide bonds. The van der Waals surface area contributed by atoms with Crippen LogP contribution in [0.4, 0.5) is 0 Å². The molecule has 0 aliphatic heterocycles. The summed E-state index contributed by atoms with van der Waals surface area (Å²) in [5, 5.41) is 2.91. The minimum absolute atomic E-state index is 0.0345. The first-order valence-corrected chi connectivity index (χ1v) is 7.18. The molecule has 108 valence electrons. The second-order valence-electron chi connectivity index (χ2n) is 7.16. The molecule has 0 aromatic rings. The van der Waals surface area contributed by atoms with E-state index in [0.29, 0.717) is 0 Å². The van der Waals surface area contributed by atoms with Gasteiger partial charge in [-0.1, -0.05) is 33.6 Å². The zero-order chi connectivity index (χ0) is 14.3. The number of hydrogen-bond donors (Lipinski definition) is 1. The van der Waals surface area contributed by atoms with Crippen molar-refractivity contribution in [2.75, 3.05) is 7.11 Å². The van der Waals surface area contributed by atoms with Crippen LogP contribution in [0.25, 0.3) is 0 Å². The highest BCUT2D eigenvalue weighted by atomic mass is 16.5. The van der Waals surface area contributed by atoms with E-state index < -0.39 is 6.04 Å². The average molecular weight is 267 g/mol. The van der Waals surface area contributed by atoms with Gasteiger partial charge in [0.05, 0.1) is 7.11 Å². The molecule has 1 spiro atoms. The van der Waals surface area contributed by atoms with E-state index in [9.17, 15) is 9.59 Å². The molecule has 0 aromatic carbocycles. The van der Waals surface area contributed by atoms with Crippen molar-refractivity contribution >= 4 is 11.9 Å². The van der Waals surface area contributed by atoms with E-state index in [1.807, 2.05) is 20.8 Å². The van der Waals surface area contributed by atoms with Crippen LogP contribution in [0.3, 0.4) is 0 Å². The van der Waals surface area contributed by atoms with Crippen molar-refractivity contribution in [3.05, 3.63) is 0 Å². The summed E-state index contributed by atoms with van der Waals surface area (Å²) in [7, 11) is 1.36. The predicted molar refractivity (Wildman–Crippen MR) is 72.4 cm³/mol. The van der Waals surface area contributed by atoms with Crippen LogP contribution in [0.5, 0.6) is 0 Å². The molecule has 2 rings (SSSR count). The molecule has 2 fully saturated rings. The van der Waals surface area contributed by atoms with Crippen LogP contribution in [0.15, 0.2) is 0 Å². The van der Waals surface area contributed by atoms with Crippen molar-refractivity contribution in [1.82, 2.24) is 5.32 Å². The fraction of sp³-hybridized carbons (Fsp3) is 0.867. The predicted octanol–water partition coefficient (Wildman–Crippen LogP) is 2.27. The Morgan fingerprint density at radius 1 is 1.26 bits per heavy atom. The highest BCUT2D eigenvalue weighted by molar-refractivity contribution is 5.88. The first-order valence-electron chi connectivity index (χ1n) is 7.18. The van der Waals surface area contributed by atoms with Gasteiger partial charge in [0.25, 0.3) is 0 Å². The second-order valence-corrected chi connectivity index (χ2v) is 7.16. The molecule has 4 heteroatoms. The molecule has 0 unspecified atom stereocenters. The molecular weight excluding hydrogens is 242 g/mol. The van der Waals surface area contributed by atoms with Gasteiger partial charge in [-0.25, -0.2) is 4.79 Å². The number of methoxy groups -OCH3 is 1. The van der Waals surface area contributed by atoms with Crippen LogP contribution in [0.1, 0.15) is 52.9 Å². The zero-order valence-corrected chi connectivity index (χ0v) is 12.4. The van der Waals surface area contributed by atoms with E-state index >= 15 is 0 Å². The number of carbonyl (C=O) groups is 2. The lowest BCUT2D eigenvalue weighted by atomic mass is 9.86. The van der Waals surface area contributed by atoms with Gasteiger partial charge in [-0.3, -0.25) is 4.79 Å². The molecule has 2 saturated carbocycles. The van der Waals surface area contributed by atoms with Crippen LogP contribution in [-0.4, -0.2) is 25.0 Å². The summed E-state index contributed by atoms with van der Waals surface area (Å²) in [5.74, 6) is -0.210. The van der Waals surface area contributed by atoms with Crippen LogP contribution in [-0.2, 0) is 14.3 Å². The maximum Gasteiger partial charge on any atom is 0.328 e. The van der Waals surface area contributed by atoms with E-state index in [-0.39, 0.29) is 28.6 Å². The largest absolute Gasteiger partial charge is 0.467 e. The molecule has 2 aliphatic carbocycles. The fourth-order valence-electron chi connectivity index (χ4n) is 3.34. The van der Waals surface area contributed by atoms with Crippen molar-refractivity contribution in [3.63, 3.8) is 0 Å². The van der Waals surface area contributed by atoms with Gasteiger partial charge in [0.1, 0.15) is 6.04 Å².